The van der Waals surface area contributed by atoms with Crippen molar-refractivity contribution in [1.82, 2.24) is 0 Å². The molecule has 0 saturated heterocycles. The average molecular weight is 291 g/mol. The summed E-state index contributed by atoms with van der Waals surface area (Å²) in [6.07, 6.45) is 0. The lowest BCUT2D eigenvalue weighted by molar-refractivity contribution is 0.294. The van der Waals surface area contributed by atoms with Crippen molar-refractivity contribution in [3.05, 3.63) is 58.7 Å². The summed E-state index contributed by atoms with van der Waals surface area (Å²) in [5.74, 6) is 2.12. The van der Waals surface area contributed by atoms with E-state index in [2.05, 4.69) is 19.1 Å². The van der Waals surface area contributed by atoms with Crippen LogP contribution in [-0.2, 0) is 12.5 Å². The van der Waals surface area contributed by atoms with Gasteiger partial charge in [-0.25, -0.2) is 0 Å². The molecule has 20 heavy (non-hydrogen) atoms. The van der Waals surface area contributed by atoms with Gasteiger partial charge in [0, 0.05) is 11.1 Å². The molecule has 2 aromatic rings. The van der Waals surface area contributed by atoms with Crippen LogP contribution in [0.1, 0.15) is 22.3 Å². The Balaban J connectivity index is 2.18. The Morgan fingerprint density at radius 3 is 2.10 bits per heavy atom. The largest absolute Gasteiger partial charge is 0.496 e. The maximum absolute atomic E-state index is 5.96. The van der Waals surface area contributed by atoms with E-state index in [-0.39, 0.29) is 0 Å². The summed E-state index contributed by atoms with van der Waals surface area (Å²) >= 11 is 5.96. The van der Waals surface area contributed by atoms with Crippen LogP contribution in [0.4, 0.5) is 0 Å². The Bertz CT molecular complexity index is 594. The lowest BCUT2D eigenvalue weighted by Crippen LogP contribution is -2.01. The van der Waals surface area contributed by atoms with E-state index in [1.807, 2.05) is 31.2 Å². The second kappa shape index (κ2) is 6.67. The summed E-state index contributed by atoms with van der Waals surface area (Å²) in [5, 5.41) is 0. The number of ether oxygens (including phenoxy) is 2. The molecule has 0 spiro atoms. The van der Waals surface area contributed by atoms with Crippen molar-refractivity contribution in [1.29, 1.82) is 0 Å². The molecular formula is C17H19ClO2. The van der Waals surface area contributed by atoms with Crippen molar-refractivity contribution in [2.45, 2.75) is 26.3 Å². The van der Waals surface area contributed by atoms with Gasteiger partial charge in [-0.3, -0.25) is 0 Å². The molecule has 0 N–H and O–H groups in total. The summed E-state index contributed by atoms with van der Waals surface area (Å²) in [6, 6.07) is 12.1. The van der Waals surface area contributed by atoms with Crippen LogP contribution in [0, 0.1) is 13.8 Å². The SMILES string of the molecule is COc1ccc(C)cc1COc1ccc(C)cc1CCl. The van der Waals surface area contributed by atoms with Gasteiger partial charge in [-0.1, -0.05) is 29.3 Å². The molecule has 0 saturated carbocycles. The van der Waals surface area contributed by atoms with E-state index in [4.69, 9.17) is 21.1 Å². The van der Waals surface area contributed by atoms with Gasteiger partial charge in [-0.15, -0.1) is 11.6 Å². The Morgan fingerprint density at radius 2 is 1.50 bits per heavy atom. The van der Waals surface area contributed by atoms with Gasteiger partial charge >= 0.3 is 0 Å². The molecule has 0 radical (unpaired) electrons. The molecule has 0 unspecified atom stereocenters. The number of halogens is 1. The smallest absolute Gasteiger partial charge is 0.125 e. The summed E-state index contributed by atoms with van der Waals surface area (Å²) in [5.41, 5.74) is 4.42. The van der Waals surface area contributed by atoms with E-state index in [9.17, 15) is 0 Å². The van der Waals surface area contributed by atoms with E-state index < -0.39 is 0 Å². The van der Waals surface area contributed by atoms with Crippen LogP contribution >= 0.6 is 11.6 Å². The van der Waals surface area contributed by atoms with Gasteiger partial charge < -0.3 is 9.47 Å². The Kier molecular flexibility index (Phi) is 4.91. The minimum atomic E-state index is 0.446. The zero-order valence-corrected chi connectivity index (χ0v) is 12.8. The summed E-state index contributed by atoms with van der Waals surface area (Å²) in [4.78, 5) is 0. The molecular weight excluding hydrogens is 272 g/mol. The van der Waals surface area contributed by atoms with Crippen LogP contribution in [0.25, 0.3) is 0 Å². The van der Waals surface area contributed by atoms with Crippen molar-refractivity contribution in [3.63, 3.8) is 0 Å². The summed E-state index contributed by atoms with van der Waals surface area (Å²) in [7, 11) is 1.67. The number of alkyl halides is 1. The van der Waals surface area contributed by atoms with Crippen LogP contribution in [-0.4, -0.2) is 7.11 Å². The van der Waals surface area contributed by atoms with Crippen LogP contribution < -0.4 is 9.47 Å². The van der Waals surface area contributed by atoms with Gasteiger partial charge in [0.1, 0.15) is 18.1 Å². The molecule has 0 heterocycles. The summed E-state index contributed by atoms with van der Waals surface area (Å²) < 4.78 is 11.3. The first-order chi connectivity index (χ1) is 9.63. The standard InChI is InChI=1S/C17H19ClO2/c1-12-5-7-17(14(8-12)10-18)20-11-15-9-13(2)4-6-16(15)19-3/h4-9H,10-11H2,1-3H3. The molecule has 2 nitrogen and oxygen atoms in total. The lowest BCUT2D eigenvalue weighted by Gasteiger charge is -2.13. The van der Waals surface area contributed by atoms with E-state index in [1.54, 1.807) is 7.11 Å². The van der Waals surface area contributed by atoms with Crippen LogP contribution in [0.3, 0.4) is 0 Å². The molecule has 0 aliphatic rings. The highest BCUT2D eigenvalue weighted by Crippen LogP contribution is 2.25. The Morgan fingerprint density at radius 1 is 0.900 bits per heavy atom. The molecule has 2 aromatic carbocycles. The maximum Gasteiger partial charge on any atom is 0.125 e. The predicted octanol–water partition coefficient (Wildman–Crippen LogP) is 4.63. The number of methoxy groups -OCH3 is 1. The third kappa shape index (κ3) is 3.45. The third-order valence-electron chi connectivity index (χ3n) is 3.18. The van der Waals surface area contributed by atoms with Gasteiger partial charge in [0.05, 0.1) is 13.0 Å². The number of hydrogen-bond donors (Lipinski definition) is 0. The first-order valence-corrected chi connectivity index (χ1v) is 7.09. The summed E-state index contributed by atoms with van der Waals surface area (Å²) in [6.45, 7) is 4.57. The maximum atomic E-state index is 5.96. The van der Waals surface area contributed by atoms with Crippen LogP contribution in [0.15, 0.2) is 36.4 Å². The zero-order valence-electron chi connectivity index (χ0n) is 12.1. The van der Waals surface area contributed by atoms with Crippen LogP contribution in [0.2, 0.25) is 0 Å². The predicted molar refractivity (Wildman–Crippen MR) is 82.8 cm³/mol. The molecule has 0 bridgehead atoms. The van der Waals surface area contributed by atoms with E-state index in [0.29, 0.717) is 12.5 Å². The fourth-order valence-electron chi connectivity index (χ4n) is 2.13. The van der Waals surface area contributed by atoms with Crippen molar-refractivity contribution in [2.24, 2.45) is 0 Å². The highest BCUT2D eigenvalue weighted by molar-refractivity contribution is 6.17. The third-order valence-corrected chi connectivity index (χ3v) is 3.47. The van der Waals surface area contributed by atoms with Crippen molar-refractivity contribution >= 4 is 11.6 Å². The zero-order chi connectivity index (χ0) is 14.5. The highest BCUT2D eigenvalue weighted by Gasteiger charge is 2.07. The van der Waals surface area contributed by atoms with Gasteiger partial charge in [-0.05, 0) is 32.0 Å². The van der Waals surface area contributed by atoms with Crippen molar-refractivity contribution < 1.29 is 9.47 Å². The van der Waals surface area contributed by atoms with E-state index in [0.717, 1.165) is 22.6 Å². The first-order valence-electron chi connectivity index (χ1n) is 6.56. The second-order valence-corrected chi connectivity index (χ2v) is 5.12. The fourth-order valence-corrected chi connectivity index (χ4v) is 2.34. The van der Waals surface area contributed by atoms with Gasteiger partial charge in [-0.2, -0.15) is 0 Å². The molecule has 0 amide bonds. The van der Waals surface area contributed by atoms with E-state index >= 15 is 0 Å². The quantitative estimate of drug-likeness (QED) is 0.748. The van der Waals surface area contributed by atoms with E-state index in [1.165, 1.54) is 11.1 Å². The average Bonchev–Trinajstić information content (AvgIpc) is 2.46. The molecule has 0 aliphatic carbocycles. The van der Waals surface area contributed by atoms with Crippen molar-refractivity contribution in [3.8, 4) is 11.5 Å². The van der Waals surface area contributed by atoms with Gasteiger partial charge in [0.15, 0.2) is 0 Å². The second-order valence-electron chi connectivity index (χ2n) is 4.85. The molecule has 106 valence electrons. The molecule has 2 rings (SSSR count). The topological polar surface area (TPSA) is 18.5 Å². The highest BCUT2D eigenvalue weighted by atomic mass is 35.5. The van der Waals surface area contributed by atoms with Gasteiger partial charge in [0.25, 0.3) is 0 Å². The Hall–Kier alpha value is -1.67. The fraction of sp³-hybridized carbons (Fsp3) is 0.294. The normalized spacial score (nSPS) is 10.4. The minimum absolute atomic E-state index is 0.446. The van der Waals surface area contributed by atoms with Crippen LogP contribution in [0.5, 0.6) is 11.5 Å². The number of hydrogen-bond acceptors (Lipinski definition) is 2. The molecule has 0 aromatic heterocycles. The number of rotatable bonds is 5. The minimum Gasteiger partial charge on any atom is -0.496 e. The number of aryl methyl sites for hydroxylation is 2. The molecule has 0 atom stereocenters. The Labute approximate surface area is 125 Å². The molecule has 3 heteroatoms. The monoisotopic (exact) mass is 290 g/mol. The molecule has 0 fully saturated rings. The van der Waals surface area contributed by atoms with Gasteiger partial charge in [0.2, 0.25) is 0 Å². The number of benzene rings is 2. The molecule has 0 aliphatic heterocycles. The lowest BCUT2D eigenvalue weighted by atomic mass is 10.1. The first kappa shape index (κ1) is 14.7. The van der Waals surface area contributed by atoms with Crippen molar-refractivity contribution in [2.75, 3.05) is 7.11 Å².